The number of anilines is 1. The van der Waals surface area contributed by atoms with E-state index in [1.807, 2.05) is 55.1 Å². The van der Waals surface area contributed by atoms with Crippen LogP contribution in [0.4, 0.5) is 10.5 Å². The molecule has 0 bridgehead atoms. The Morgan fingerprint density at radius 1 is 1.14 bits per heavy atom. The first-order valence-corrected chi connectivity index (χ1v) is 9.88. The highest BCUT2D eigenvalue weighted by Gasteiger charge is 2.50. The molecule has 5 heteroatoms. The van der Waals surface area contributed by atoms with Gasteiger partial charge in [0, 0.05) is 18.8 Å². The van der Waals surface area contributed by atoms with E-state index >= 15 is 0 Å². The average Bonchev–Trinajstić information content (AvgIpc) is 3.20. The molecule has 2 aromatic rings. The van der Waals surface area contributed by atoms with Crippen molar-refractivity contribution in [1.82, 2.24) is 4.90 Å². The zero-order chi connectivity index (χ0) is 19.9. The van der Waals surface area contributed by atoms with Crippen LogP contribution in [0.3, 0.4) is 0 Å². The summed E-state index contributed by atoms with van der Waals surface area (Å²) < 4.78 is 5.30. The Bertz CT molecular complexity index is 881. The number of hydrogen-bond donors (Lipinski definition) is 2. The first kappa shape index (κ1) is 18.8. The minimum absolute atomic E-state index is 0.0497. The average molecular weight is 380 g/mol. The number of benzene rings is 2. The zero-order valence-corrected chi connectivity index (χ0v) is 16.7. The maximum atomic E-state index is 12.7. The molecule has 2 atom stereocenters. The number of carbonyl (C=O) groups excluding carboxylic acids is 1. The van der Waals surface area contributed by atoms with E-state index in [0.29, 0.717) is 37.8 Å². The summed E-state index contributed by atoms with van der Waals surface area (Å²) in [7, 11) is 1.64. The van der Waals surface area contributed by atoms with Gasteiger partial charge in [-0.15, -0.1) is 0 Å². The highest BCUT2D eigenvalue weighted by molar-refractivity contribution is 5.90. The van der Waals surface area contributed by atoms with E-state index in [2.05, 4.69) is 11.4 Å². The topological polar surface area (TPSA) is 61.8 Å². The summed E-state index contributed by atoms with van der Waals surface area (Å²) in [5.74, 6) is 1.40. The first-order valence-electron chi connectivity index (χ1n) is 9.88. The first-order chi connectivity index (χ1) is 13.4. The van der Waals surface area contributed by atoms with Gasteiger partial charge in [0.15, 0.2) is 0 Å². The number of aliphatic hydroxyl groups is 1. The number of ether oxygens (including phenoxy) is 1. The Morgan fingerprint density at radius 2 is 1.86 bits per heavy atom. The van der Waals surface area contributed by atoms with E-state index < -0.39 is 5.60 Å². The van der Waals surface area contributed by atoms with Crippen LogP contribution < -0.4 is 10.1 Å². The Morgan fingerprint density at radius 3 is 2.50 bits per heavy atom. The predicted octanol–water partition coefficient (Wildman–Crippen LogP) is 4.07. The fourth-order valence-corrected chi connectivity index (χ4v) is 4.81. The van der Waals surface area contributed by atoms with Gasteiger partial charge in [-0.05, 0) is 67.9 Å². The Hall–Kier alpha value is -2.53. The highest BCUT2D eigenvalue weighted by atomic mass is 16.5. The minimum Gasteiger partial charge on any atom is -0.497 e. The molecule has 0 aromatic heterocycles. The lowest BCUT2D eigenvalue weighted by molar-refractivity contribution is 0.0326. The number of urea groups is 1. The van der Waals surface area contributed by atoms with Crippen LogP contribution in [-0.4, -0.2) is 36.2 Å². The second kappa shape index (κ2) is 7.13. The van der Waals surface area contributed by atoms with Gasteiger partial charge >= 0.3 is 6.03 Å². The Labute approximate surface area is 166 Å². The van der Waals surface area contributed by atoms with Crippen LogP contribution in [0, 0.1) is 25.7 Å². The third kappa shape index (κ3) is 3.47. The molecule has 1 aliphatic carbocycles. The molecule has 2 N–H and O–H groups in total. The monoisotopic (exact) mass is 380 g/mol. The molecule has 148 valence electrons. The van der Waals surface area contributed by atoms with Crippen LogP contribution in [0.2, 0.25) is 0 Å². The SMILES string of the molecule is COc1cccc(C2(O)CC3CN(C(=O)Nc4ccc(C)cc4C)CC3C2)c1. The number of nitrogens with one attached hydrogen (secondary N) is 1. The number of aryl methyl sites for hydroxylation is 2. The van der Waals surface area contributed by atoms with E-state index in [1.54, 1.807) is 7.11 Å². The normalized spacial score (nSPS) is 26.2. The summed E-state index contributed by atoms with van der Waals surface area (Å²) in [6.45, 7) is 5.43. The van der Waals surface area contributed by atoms with Crippen molar-refractivity contribution < 1.29 is 14.6 Å². The summed E-state index contributed by atoms with van der Waals surface area (Å²) >= 11 is 0. The molecule has 2 unspecified atom stereocenters. The molecule has 1 aliphatic heterocycles. The molecule has 0 radical (unpaired) electrons. The van der Waals surface area contributed by atoms with Crippen molar-refractivity contribution >= 4 is 11.7 Å². The summed E-state index contributed by atoms with van der Waals surface area (Å²) in [5, 5.41) is 14.3. The number of fused-ring (bicyclic) bond motifs is 1. The molecule has 1 saturated carbocycles. The van der Waals surface area contributed by atoms with Crippen molar-refractivity contribution in [3.05, 3.63) is 59.2 Å². The second-order valence-corrected chi connectivity index (χ2v) is 8.35. The van der Waals surface area contributed by atoms with Crippen molar-refractivity contribution in [3.63, 3.8) is 0 Å². The van der Waals surface area contributed by atoms with Crippen LogP contribution >= 0.6 is 0 Å². The maximum absolute atomic E-state index is 12.7. The zero-order valence-electron chi connectivity index (χ0n) is 16.7. The molecule has 2 aromatic carbocycles. The third-order valence-corrected chi connectivity index (χ3v) is 6.29. The van der Waals surface area contributed by atoms with E-state index in [1.165, 1.54) is 5.56 Å². The summed E-state index contributed by atoms with van der Waals surface area (Å²) in [6, 6.07) is 13.7. The van der Waals surface area contributed by atoms with Crippen molar-refractivity contribution in [1.29, 1.82) is 0 Å². The lowest BCUT2D eigenvalue weighted by atomic mass is 9.90. The molecule has 28 heavy (non-hydrogen) atoms. The fourth-order valence-electron chi connectivity index (χ4n) is 4.81. The van der Waals surface area contributed by atoms with Crippen LogP contribution in [0.25, 0.3) is 0 Å². The number of hydrogen-bond acceptors (Lipinski definition) is 3. The minimum atomic E-state index is -0.833. The van der Waals surface area contributed by atoms with E-state index in [-0.39, 0.29) is 6.03 Å². The number of carbonyl (C=O) groups is 1. The van der Waals surface area contributed by atoms with Gasteiger partial charge < -0.3 is 20.1 Å². The van der Waals surface area contributed by atoms with Crippen molar-refractivity contribution in [2.45, 2.75) is 32.3 Å². The fraction of sp³-hybridized carbons (Fsp3) is 0.435. The van der Waals surface area contributed by atoms with E-state index in [4.69, 9.17) is 4.74 Å². The largest absolute Gasteiger partial charge is 0.497 e. The number of methoxy groups -OCH3 is 1. The van der Waals surface area contributed by atoms with E-state index in [9.17, 15) is 9.90 Å². The maximum Gasteiger partial charge on any atom is 0.321 e. The summed E-state index contributed by atoms with van der Waals surface area (Å²) in [6.07, 6.45) is 1.36. The summed E-state index contributed by atoms with van der Waals surface area (Å²) in [4.78, 5) is 14.6. The third-order valence-electron chi connectivity index (χ3n) is 6.29. The number of amides is 2. The molecule has 2 amide bonds. The number of nitrogens with zero attached hydrogens (tertiary/aromatic N) is 1. The number of rotatable bonds is 3. The quantitative estimate of drug-likeness (QED) is 0.844. The van der Waals surface area contributed by atoms with Gasteiger partial charge in [-0.2, -0.15) is 0 Å². The van der Waals surface area contributed by atoms with Gasteiger partial charge in [-0.1, -0.05) is 29.8 Å². The lowest BCUT2D eigenvalue weighted by Gasteiger charge is -2.27. The van der Waals surface area contributed by atoms with Gasteiger partial charge in [0.2, 0.25) is 0 Å². The van der Waals surface area contributed by atoms with Crippen molar-refractivity contribution in [3.8, 4) is 5.75 Å². The van der Waals surface area contributed by atoms with Crippen molar-refractivity contribution in [2.24, 2.45) is 11.8 Å². The molecular weight excluding hydrogens is 352 g/mol. The smallest absolute Gasteiger partial charge is 0.321 e. The second-order valence-electron chi connectivity index (χ2n) is 8.35. The van der Waals surface area contributed by atoms with E-state index in [0.717, 1.165) is 22.6 Å². The van der Waals surface area contributed by atoms with Gasteiger partial charge in [-0.3, -0.25) is 0 Å². The Kier molecular flexibility index (Phi) is 4.79. The van der Waals surface area contributed by atoms with Crippen molar-refractivity contribution in [2.75, 3.05) is 25.5 Å². The predicted molar refractivity (Wildman–Crippen MR) is 110 cm³/mol. The molecule has 4 rings (SSSR count). The van der Waals surface area contributed by atoms with Crippen LogP contribution in [0.5, 0.6) is 5.75 Å². The number of likely N-dealkylation sites (tertiary alicyclic amines) is 1. The molecule has 5 nitrogen and oxygen atoms in total. The Balaban J connectivity index is 1.41. The highest BCUT2D eigenvalue weighted by Crippen LogP contribution is 2.49. The molecule has 2 aliphatic rings. The molecule has 1 heterocycles. The molecular formula is C23H28N2O3. The molecule has 1 saturated heterocycles. The van der Waals surface area contributed by atoms with Gasteiger partial charge in [-0.25, -0.2) is 4.79 Å². The summed E-state index contributed by atoms with van der Waals surface area (Å²) in [5.41, 5.74) is 3.19. The molecule has 0 spiro atoms. The van der Waals surface area contributed by atoms with Gasteiger partial charge in [0.1, 0.15) is 5.75 Å². The van der Waals surface area contributed by atoms with Crippen LogP contribution in [-0.2, 0) is 5.60 Å². The van der Waals surface area contributed by atoms with Gasteiger partial charge in [0.05, 0.1) is 12.7 Å². The van der Waals surface area contributed by atoms with Crippen LogP contribution in [0.1, 0.15) is 29.5 Å². The van der Waals surface area contributed by atoms with Gasteiger partial charge in [0.25, 0.3) is 0 Å². The molecule has 2 fully saturated rings. The lowest BCUT2D eigenvalue weighted by Crippen LogP contribution is -2.35. The standard InChI is InChI=1S/C23H28N2O3/c1-15-7-8-21(16(2)9-15)24-22(26)25-13-17-11-23(27,12-18(17)14-25)19-5-4-6-20(10-19)28-3/h4-10,17-18,27H,11-14H2,1-3H3,(H,24,26). The van der Waals surface area contributed by atoms with Crippen LogP contribution in [0.15, 0.2) is 42.5 Å².